The number of halogens is 1. The molecule has 0 aliphatic rings. The van der Waals surface area contributed by atoms with Crippen LogP contribution < -0.4 is 15.4 Å². The highest BCUT2D eigenvalue weighted by Crippen LogP contribution is 2.21. The van der Waals surface area contributed by atoms with E-state index < -0.39 is 0 Å². The zero-order valence-electron chi connectivity index (χ0n) is 15.3. The molecule has 0 saturated heterocycles. The Morgan fingerprint density at radius 2 is 1.84 bits per heavy atom. The Hall–Kier alpha value is -2.56. The molecule has 0 saturated carbocycles. The second-order valence-electron chi connectivity index (χ2n) is 6.50. The van der Waals surface area contributed by atoms with E-state index in [1.807, 2.05) is 24.3 Å². The Morgan fingerprint density at radius 1 is 1.12 bits per heavy atom. The first-order valence-corrected chi connectivity index (χ1v) is 8.29. The second kappa shape index (κ2) is 8.51. The molecular weight excluding hydrogens is 317 g/mol. The monoisotopic (exact) mass is 343 g/mol. The van der Waals surface area contributed by atoms with Crippen LogP contribution in [0.5, 0.6) is 5.75 Å². The van der Waals surface area contributed by atoms with Crippen LogP contribution in [-0.4, -0.2) is 26.7 Å². The third-order valence-electron chi connectivity index (χ3n) is 4.15. The molecule has 2 aromatic carbocycles. The molecule has 0 aromatic heterocycles. The molecule has 0 fully saturated rings. The normalized spacial score (nSPS) is 12.0. The van der Waals surface area contributed by atoms with Gasteiger partial charge in [-0.1, -0.05) is 50.2 Å². The predicted molar refractivity (Wildman–Crippen MR) is 101 cm³/mol. The molecular formula is C20H26FN3O. The molecule has 0 atom stereocenters. The van der Waals surface area contributed by atoms with Crippen molar-refractivity contribution in [2.75, 3.05) is 20.7 Å². The van der Waals surface area contributed by atoms with Crippen molar-refractivity contribution in [2.45, 2.75) is 25.8 Å². The van der Waals surface area contributed by atoms with Crippen molar-refractivity contribution in [3.8, 4) is 5.75 Å². The lowest BCUT2D eigenvalue weighted by Crippen LogP contribution is -2.43. The lowest BCUT2D eigenvalue weighted by molar-refractivity contribution is 0.386. The van der Waals surface area contributed by atoms with Gasteiger partial charge in [0.05, 0.1) is 7.11 Å². The lowest BCUT2D eigenvalue weighted by atomic mass is 9.85. The van der Waals surface area contributed by atoms with Crippen molar-refractivity contribution >= 4 is 5.96 Å². The first-order chi connectivity index (χ1) is 12.0. The van der Waals surface area contributed by atoms with Gasteiger partial charge in [-0.2, -0.15) is 0 Å². The maximum atomic E-state index is 13.8. The van der Waals surface area contributed by atoms with Gasteiger partial charge in [-0.05, 0) is 23.3 Å². The quantitative estimate of drug-likeness (QED) is 0.623. The SMILES string of the molecule is CN=C(NCc1ccc(OC)c(F)c1)NCC(C)(C)c1ccccc1. The van der Waals surface area contributed by atoms with Gasteiger partial charge in [-0.25, -0.2) is 4.39 Å². The number of hydrogen-bond donors (Lipinski definition) is 2. The number of benzene rings is 2. The van der Waals surface area contributed by atoms with Crippen LogP contribution in [0.3, 0.4) is 0 Å². The van der Waals surface area contributed by atoms with Crippen molar-refractivity contribution in [1.82, 2.24) is 10.6 Å². The van der Waals surface area contributed by atoms with Crippen molar-refractivity contribution in [2.24, 2.45) is 4.99 Å². The fourth-order valence-electron chi connectivity index (χ4n) is 2.52. The Kier molecular flexibility index (Phi) is 6.39. The molecule has 0 heterocycles. The molecule has 2 aromatic rings. The van der Waals surface area contributed by atoms with Crippen LogP contribution in [0.4, 0.5) is 4.39 Å². The first-order valence-electron chi connectivity index (χ1n) is 8.29. The summed E-state index contributed by atoms with van der Waals surface area (Å²) in [7, 11) is 3.18. The van der Waals surface area contributed by atoms with E-state index in [9.17, 15) is 4.39 Å². The summed E-state index contributed by atoms with van der Waals surface area (Å²) in [5.74, 6) is 0.561. The minimum atomic E-state index is -0.366. The average molecular weight is 343 g/mol. The van der Waals surface area contributed by atoms with Gasteiger partial charge in [0.1, 0.15) is 0 Å². The maximum Gasteiger partial charge on any atom is 0.191 e. The van der Waals surface area contributed by atoms with Gasteiger partial charge in [0, 0.05) is 25.6 Å². The summed E-state index contributed by atoms with van der Waals surface area (Å²) in [6.45, 7) is 5.57. The fourth-order valence-corrected chi connectivity index (χ4v) is 2.52. The Morgan fingerprint density at radius 3 is 2.44 bits per heavy atom. The highest BCUT2D eigenvalue weighted by Gasteiger charge is 2.20. The summed E-state index contributed by atoms with van der Waals surface area (Å²) in [5, 5.41) is 6.54. The summed E-state index contributed by atoms with van der Waals surface area (Å²) in [6, 6.07) is 15.3. The molecule has 0 amide bonds. The van der Waals surface area contributed by atoms with E-state index in [0.29, 0.717) is 12.5 Å². The summed E-state index contributed by atoms with van der Waals surface area (Å²) in [4.78, 5) is 4.23. The zero-order valence-corrected chi connectivity index (χ0v) is 15.3. The van der Waals surface area contributed by atoms with E-state index in [4.69, 9.17) is 4.74 Å². The number of guanidine groups is 1. The summed E-state index contributed by atoms with van der Waals surface area (Å²) in [6.07, 6.45) is 0. The Bertz CT molecular complexity index is 714. The maximum absolute atomic E-state index is 13.8. The standard InChI is InChI=1S/C20H26FN3O/c1-20(2,16-8-6-5-7-9-16)14-24-19(22-3)23-13-15-10-11-18(25-4)17(21)12-15/h5-12H,13-14H2,1-4H3,(H2,22,23,24). The molecule has 25 heavy (non-hydrogen) atoms. The number of hydrogen-bond acceptors (Lipinski definition) is 2. The predicted octanol–water partition coefficient (Wildman–Crippen LogP) is 3.48. The number of ether oxygens (including phenoxy) is 1. The van der Waals surface area contributed by atoms with E-state index in [0.717, 1.165) is 12.1 Å². The summed E-state index contributed by atoms with van der Waals surface area (Å²) >= 11 is 0. The molecule has 0 aliphatic carbocycles. The smallest absolute Gasteiger partial charge is 0.191 e. The van der Waals surface area contributed by atoms with E-state index >= 15 is 0 Å². The number of nitrogens with one attached hydrogen (secondary N) is 2. The molecule has 0 bridgehead atoms. The van der Waals surface area contributed by atoms with Crippen molar-refractivity contribution < 1.29 is 9.13 Å². The third-order valence-corrected chi connectivity index (χ3v) is 4.15. The van der Waals surface area contributed by atoms with Gasteiger partial charge in [-0.3, -0.25) is 4.99 Å². The molecule has 5 heteroatoms. The molecule has 134 valence electrons. The molecule has 2 rings (SSSR count). The van der Waals surface area contributed by atoms with Gasteiger partial charge < -0.3 is 15.4 Å². The summed E-state index contributed by atoms with van der Waals surface area (Å²) in [5.41, 5.74) is 2.05. The fraction of sp³-hybridized carbons (Fsp3) is 0.350. The van der Waals surface area contributed by atoms with Crippen molar-refractivity contribution in [3.05, 3.63) is 65.5 Å². The Balaban J connectivity index is 1.92. The Labute approximate surface area is 149 Å². The second-order valence-corrected chi connectivity index (χ2v) is 6.50. The number of rotatable bonds is 6. The van der Waals surface area contributed by atoms with Gasteiger partial charge in [0.2, 0.25) is 0 Å². The molecule has 4 nitrogen and oxygen atoms in total. The zero-order chi connectivity index (χ0) is 18.3. The molecule has 0 unspecified atom stereocenters. The third kappa shape index (κ3) is 5.21. The minimum Gasteiger partial charge on any atom is -0.494 e. The van der Waals surface area contributed by atoms with Crippen LogP contribution in [0, 0.1) is 5.82 Å². The van der Waals surface area contributed by atoms with Crippen LogP contribution >= 0.6 is 0 Å². The highest BCUT2D eigenvalue weighted by molar-refractivity contribution is 5.79. The van der Waals surface area contributed by atoms with Crippen molar-refractivity contribution in [1.29, 1.82) is 0 Å². The molecule has 0 aliphatic heterocycles. The van der Waals surface area contributed by atoms with Crippen LogP contribution in [-0.2, 0) is 12.0 Å². The summed E-state index contributed by atoms with van der Waals surface area (Å²) < 4.78 is 18.7. The number of aliphatic imine (C=N–C) groups is 1. The van der Waals surface area contributed by atoms with Gasteiger partial charge in [0.15, 0.2) is 17.5 Å². The van der Waals surface area contributed by atoms with Crippen LogP contribution in [0.2, 0.25) is 0 Å². The van der Waals surface area contributed by atoms with E-state index in [2.05, 4.69) is 41.6 Å². The van der Waals surface area contributed by atoms with E-state index in [1.54, 1.807) is 13.1 Å². The van der Waals surface area contributed by atoms with Crippen molar-refractivity contribution in [3.63, 3.8) is 0 Å². The topological polar surface area (TPSA) is 45.7 Å². The van der Waals surface area contributed by atoms with Gasteiger partial charge >= 0.3 is 0 Å². The van der Waals surface area contributed by atoms with Crippen LogP contribution in [0.15, 0.2) is 53.5 Å². The van der Waals surface area contributed by atoms with Gasteiger partial charge in [-0.15, -0.1) is 0 Å². The molecule has 0 spiro atoms. The van der Waals surface area contributed by atoms with E-state index in [1.165, 1.54) is 18.7 Å². The van der Waals surface area contributed by atoms with Crippen LogP contribution in [0.1, 0.15) is 25.0 Å². The lowest BCUT2D eigenvalue weighted by Gasteiger charge is -2.26. The van der Waals surface area contributed by atoms with Crippen LogP contribution in [0.25, 0.3) is 0 Å². The van der Waals surface area contributed by atoms with E-state index in [-0.39, 0.29) is 17.0 Å². The average Bonchev–Trinajstić information content (AvgIpc) is 2.62. The number of nitrogens with zero attached hydrogens (tertiary/aromatic N) is 1. The minimum absolute atomic E-state index is 0.0366. The molecule has 0 radical (unpaired) electrons. The number of methoxy groups -OCH3 is 1. The van der Waals surface area contributed by atoms with Gasteiger partial charge in [0.25, 0.3) is 0 Å². The first kappa shape index (κ1) is 18.8. The largest absolute Gasteiger partial charge is 0.494 e. The molecule has 2 N–H and O–H groups in total. The highest BCUT2D eigenvalue weighted by atomic mass is 19.1.